The Morgan fingerprint density at radius 2 is 2.00 bits per heavy atom. The van der Waals surface area contributed by atoms with Crippen LogP contribution in [0.2, 0.25) is 10.0 Å². The van der Waals surface area contributed by atoms with Crippen molar-refractivity contribution in [2.24, 2.45) is 0 Å². The van der Waals surface area contributed by atoms with Gasteiger partial charge in [0.25, 0.3) is 0 Å². The van der Waals surface area contributed by atoms with Gasteiger partial charge in [-0.2, -0.15) is 0 Å². The number of aryl methyl sites for hydroxylation is 1. The first-order chi connectivity index (χ1) is 7.63. The third-order valence-electron chi connectivity index (χ3n) is 2.37. The highest BCUT2D eigenvalue weighted by atomic mass is 79.9. The maximum absolute atomic E-state index is 6.25. The van der Waals surface area contributed by atoms with E-state index in [4.69, 9.17) is 23.2 Å². The van der Waals surface area contributed by atoms with Gasteiger partial charge in [0.1, 0.15) is 0 Å². The summed E-state index contributed by atoms with van der Waals surface area (Å²) in [6.45, 7) is 2.11. The van der Waals surface area contributed by atoms with E-state index in [0.717, 1.165) is 33.9 Å². The lowest BCUT2D eigenvalue weighted by molar-refractivity contribution is 0.890. The summed E-state index contributed by atoms with van der Waals surface area (Å²) >= 11 is 15.8. The van der Waals surface area contributed by atoms with Crippen molar-refractivity contribution < 1.29 is 0 Å². The van der Waals surface area contributed by atoms with E-state index in [-0.39, 0.29) is 0 Å². The molecule has 1 nitrogen and oxygen atoms in total. The van der Waals surface area contributed by atoms with E-state index in [2.05, 4.69) is 27.8 Å². The first-order valence-corrected chi connectivity index (χ1v) is 6.61. The van der Waals surface area contributed by atoms with Gasteiger partial charge in [0.2, 0.25) is 0 Å². The fraction of sp³-hybridized carbons (Fsp3) is 0.250. The Balaban J connectivity index is 2.76. The Morgan fingerprint density at radius 3 is 2.69 bits per heavy atom. The highest BCUT2D eigenvalue weighted by molar-refractivity contribution is 9.10. The fourth-order valence-electron chi connectivity index (χ4n) is 1.66. The van der Waals surface area contributed by atoms with Crippen LogP contribution in [0.25, 0.3) is 10.9 Å². The molecule has 0 atom stereocenters. The molecule has 0 bridgehead atoms. The quantitative estimate of drug-likeness (QED) is 0.736. The van der Waals surface area contributed by atoms with Crippen molar-refractivity contribution in [3.63, 3.8) is 0 Å². The Hall–Kier alpha value is -0.310. The zero-order chi connectivity index (χ0) is 11.7. The first-order valence-electron chi connectivity index (χ1n) is 5.06. The average molecular weight is 319 g/mol. The van der Waals surface area contributed by atoms with Crippen molar-refractivity contribution in [1.82, 2.24) is 4.98 Å². The maximum Gasteiger partial charge on any atom is 0.0917 e. The molecule has 0 N–H and O–H groups in total. The van der Waals surface area contributed by atoms with E-state index in [1.54, 1.807) is 0 Å². The second kappa shape index (κ2) is 4.91. The van der Waals surface area contributed by atoms with Crippen LogP contribution in [0.3, 0.4) is 0 Å². The second-order valence-corrected chi connectivity index (χ2v) is 5.27. The minimum absolute atomic E-state index is 0.637. The largest absolute Gasteiger partial charge is 0.251 e. The number of halogens is 3. The smallest absolute Gasteiger partial charge is 0.0917 e. The lowest BCUT2D eigenvalue weighted by Gasteiger charge is -2.07. The lowest BCUT2D eigenvalue weighted by atomic mass is 10.1. The summed E-state index contributed by atoms with van der Waals surface area (Å²) in [5, 5.41) is 2.22. The van der Waals surface area contributed by atoms with Crippen LogP contribution in [0.1, 0.15) is 19.0 Å². The molecule has 1 aromatic heterocycles. The average Bonchev–Trinajstić information content (AvgIpc) is 2.23. The van der Waals surface area contributed by atoms with Crippen LogP contribution in [0.4, 0.5) is 0 Å². The summed E-state index contributed by atoms with van der Waals surface area (Å²) in [6.07, 6.45) is 1.96. The maximum atomic E-state index is 6.25. The van der Waals surface area contributed by atoms with Crippen molar-refractivity contribution in [2.45, 2.75) is 19.8 Å². The van der Waals surface area contributed by atoms with Crippen molar-refractivity contribution in [3.05, 3.63) is 38.4 Å². The summed E-state index contributed by atoms with van der Waals surface area (Å²) in [5.74, 6) is 0. The predicted molar refractivity (Wildman–Crippen MR) is 73.5 cm³/mol. The highest BCUT2D eigenvalue weighted by Crippen LogP contribution is 2.34. The number of rotatable bonds is 2. The number of pyridine rings is 1. The van der Waals surface area contributed by atoms with Crippen LogP contribution >= 0.6 is 39.1 Å². The molecular formula is C12H10BrCl2N. The Kier molecular flexibility index (Phi) is 3.73. The molecule has 4 heteroatoms. The normalized spacial score (nSPS) is 11.0. The molecular weight excluding hydrogens is 309 g/mol. The van der Waals surface area contributed by atoms with E-state index >= 15 is 0 Å². The van der Waals surface area contributed by atoms with Gasteiger partial charge in [0, 0.05) is 15.6 Å². The van der Waals surface area contributed by atoms with Crippen LogP contribution in [0.15, 0.2) is 22.7 Å². The molecule has 16 heavy (non-hydrogen) atoms. The lowest BCUT2D eigenvalue weighted by Crippen LogP contribution is -1.92. The van der Waals surface area contributed by atoms with Gasteiger partial charge in [0.05, 0.1) is 15.6 Å². The molecule has 0 aliphatic carbocycles. The van der Waals surface area contributed by atoms with Crippen molar-refractivity contribution in [1.29, 1.82) is 0 Å². The topological polar surface area (TPSA) is 12.9 Å². The third kappa shape index (κ3) is 2.20. The molecule has 0 saturated carbocycles. The van der Waals surface area contributed by atoms with Gasteiger partial charge in [-0.1, -0.05) is 52.5 Å². The molecule has 84 valence electrons. The van der Waals surface area contributed by atoms with Crippen LogP contribution in [-0.2, 0) is 6.42 Å². The van der Waals surface area contributed by atoms with Gasteiger partial charge >= 0.3 is 0 Å². The molecule has 2 rings (SSSR count). The zero-order valence-electron chi connectivity index (χ0n) is 8.73. The molecule has 0 amide bonds. The highest BCUT2D eigenvalue weighted by Gasteiger charge is 2.10. The Labute approximate surface area is 113 Å². The summed E-state index contributed by atoms with van der Waals surface area (Å²) in [4.78, 5) is 4.54. The van der Waals surface area contributed by atoms with Crippen LogP contribution < -0.4 is 0 Å². The van der Waals surface area contributed by atoms with Gasteiger partial charge < -0.3 is 0 Å². The number of hydrogen-bond donors (Lipinski definition) is 0. The van der Waals surface area contributed by atoms with Crippen molar-refractivity contribution in [2.75, 3.05) is 0 Å². The molecule has 0 aliphatic rings. The molecule has 1 aromatic carbocycles. The summed E-state index contributed by atoms with van der Waals surface area (Å²) in [6, 6.07) is 5.62. The van der Waals surface area contributed by atoms with Gasteiger partial charge in [0.15, 0.2) is 0 Å². The molecule has 0 unspecified atom stereocenters. The Morgan fingerprint density at radius 1 is 1.25 bits per heavy atom. The molecule has 0 radical (unpaired) electrons. The number of aromatic nitrogens is 1. The standard InChI is InChI=1S/C12H10BrCl2N/c1-2-3-7-6-10(15)11-8(13)4-5-9(14)12(11)16-7/h4-6H,2-3H2,1H3. The zero-order valence-corrected chi connectivity index (χ0v) is 11.8. The van der Waals surface area contributed by atoms with Gasteiger partial charge in [-0.25, -0.2) is 0 Å². The summed E-state index contributed by atoms with van der Waals surface area (Å²) in [5.41, 5.74) is 1.76. The molecule has 1 heterocycles. The van der Waals surface area contributed by atoms with Crippen LogP contribution in [0.5, 0.6) is 0 Å². The van der Waals surface area contributed by atoms with Gasteiger partial charge in [-0.3, -0.25) is 4.98 Å². The van der Waals surface area contributed by atoms with E-state index in [1.165, 1.54) is 0 Å². The minimum atomic E-state index is 0.637. The molecule has 0 aliphatic heterocycles. The number of hydrogen-bond acceptors (Lipinski definition) is 1. The van der Waals surface area contributed by atoms with E-state index in [0.29, 0.717) is 10.0 Å². The monoisotopic (exact) mass is 317 g/mol. The van der Waals surface area contributed by atoms with Crippen LogP contribution in [-0.4, -0.2) is 4.98 Å². The van der Waals surface area contributed by atoms with Gasteiger partial charge in [-0.05, 0) is 24.6 Å². The molecule has 2 aromatic rings. The number of fused-ring (bicyclic) bond motifs is 1. The minimum Gasteiger partial charge on any atom is -0.251 e. The number of benzene rings is 1. The van der Waals surface area contributed by atoms with E-state index < -0.39 is 0 Å². The summed E-state index contributed by atoms with van der Waals surface area (Å²) in [7, 11) is 0. The second-order valence-electron chi connectivity index (χ2n) is 3.60. The third-order valence-corrected chi connectivity index (χ3v) is 3.64. The van der Waals surface area contributed by atoms with Crippen molar-refractivity contribution >= 4 is 50.0 Å². The van der Waals surface area contributed by atoms with Crippen molar-refractivity contribution in [3.8, 4) is 0 Å². The van der Waals surface area contributed by atoms with E-state index in [9.17, 15) is 0 Å². The molecule has 0 spiro atoms. The number of nitrogens with zero attached hydrogens (tertiary/aromatic N) is 1. The first kappa shape index (κ1) is 12.2. The van der Waals surface area contributed by atoms with Crippen LogP contribution in [0, 0.1) is 0 Å². The summed E-state index contributed by atoms with van der Waals surface area (Å²) < 4.78 is 0.924. The Bertz CT molecular complexity index is 540. The van der Waals surface area contributed by atoms with Gasteiger partial charge in [-0.15, -0.1) is 0 Å². The molecule has 0 saturated heterocycles. The fourth-order valence-corrected chi connectivity index (χ4v) is 2.82. The SMILES string of the molecule is CCCc1cc(Cl)c2c(Br)ccc(Cl)c2n1. The molecule has 0 fully saturated rings. The van der Waals surface area contributed by atoms with E-state index in [1.807, 2.05) is 18.2 Å². The predicted octanol–water partition coefficient (Wildman–Crippen LogP) is 5.26.